The van der Waals surface area contributed by atoms with Crippen LogP contribution < -0.4 is 5.73 Å². The van der Waals surface area contributed by atoms with Crippen molar-refractivity contribution in [3.05, 3.63) is 35.2 Å². The molecule has 5 atom stereocenters. The summed E-state index contributed by atoms with van der Waals surface area (Å²) in [5.74, 6) is 4.80. The van der Waals surface area contributed by atoms with Crippen molar-refractivity contribution in [3.63, 3.8) is 0 Å². The first-order chi connectivity index (χ1) is 9.34. The summed E-state index contributed by atoms with van der Waals surface area (Å²) in [5.41, 5.74) is 8.08. The van der Waals surface area contributed by atoms with Crippen LogP contribution >= 0.6 is 11.3 Å². The summed E-state index contributed by atoms with van der Waals surface area (Å²) < 4.78 is 1.39. The largest absolute Gasteiger partial charge is 0.324 e. The topological polar surface area (TPSA) is 26.0 Å². The molecule has 2 aromatic rings. The molecule has 19 heavy (non-hydrogen) atoms. The maximum atomic E-state index is 6.66. The van der Waals surface area contributed by atoms with Gasteiger partial charge in [-0.1, -0.05) is 18.2 Å². The molecule has 0 saturated heterocycles. The van der Waals surface area contributed by atoms with Gasteiger partial charge in [-0.25, -0.2) is 0 Å². The van der Waals surface area contributed by atoms with Gasteiger partial charge in [-0.3, -0.25) is 0 Å². The van der Waals surface area contributed by atoms with Gasteiger partial charge in [0.2, 0.25) is 0 Å². The van der Waals surface area contributed by atoms with Gasteiger partial charge in [0.05, 0.1) is 0 Å². The number of fused-ring (bicyclic) bond motifs is 6. The van der Waals surface area contributed by atoms with E-state index in [1.54, 1.807) is 0 Å². The standard InChI is InChI=1S/C17H19NS/c18-17(12-8-19-13-4-2-1-3-11(12)13)16-14-9-5-6-10(7-9)15(14)16/h1-4,8-10,14-17H,5-7,18H2. The Morgan fingerprint density at radius 3 is 2.63 bits per heavy atom. The number of thiophene rings is 1. The first kappa shape index (κ1) is 10.9. The van der Waals surface area contributed by atoms with Gasteiger partial charge in [0.25, 0.3) is 0 Å². The third-order valence-corrected chi connectivity index (χ3v) is 7.06. The summed E-state index contributed by atoms with van der Waals surface area (Å²) in [5, 5.41) is 3.71. The lowest BCUT2D eigenvalue weighted by Gasteiger charge is -2.15. The summed E-state index contributed by atoms with van der Waals surface area (Å²) >= 11 is 1.85. The molecule has 3 saturated carbocycles. The minimum Gasteiger partial charge on any atom is -0.324 e. The molecule has 5 rings (SSSR count). The van der Waals surface area contributed by atoms with Crippen LogP contribution in [0, 0.1) is 29.6 Å². The fourth-order valence-electron chi connectivity index (χ4n) is 5.34. The zero-order valence-electron chi connectivity index (χ0n) is 11.0. The molecule has 2 bridgehead atoms. The molecule has 0 amide bonds. The van der Waals surface area contributed by atoms with Crippen LogP contribution in [-0.4, -0.2) is 0 Å². The average Bonchev–Trinajstić information content (AvgIpc) is 2.82. The van der Waals surface area contributed by atoms with E-state index in [-0.39, 0.29) is 6.04 Å². The highest BCUT2D eigenvalue weighted by Crippen LogP contribution is 2.72. The molecule has 1 aromatic heterocycles. The Kier molecular flexibility index (Phi) is 2.07. The number of nitrogens with two attached hydrogens (primary N) is 1. The van der Waals surface area contributed by atoms with Gasteiger partial charge < -0.3 is 5.73 Å². The summed E-state index contributed by atoms with van der Waals surface area (Å²) in [6.45, 7) is 0. The van der Waals surface area contributed by atoms with Gasteiger partial charge in [-0.2, -0.15) is 0 Å². The molecular formula is C17H19NS. The van der Waals surface area contributed by atoms with E-state index in [1.807, 2.05) is 11.3 Å². The van der Waals surface area contributed by atoms with Crippen molar-refractivity contribution in [1.29, 1.82) is 0 Å². The van der Waals surface area contributed by atoms with E-state index in [1.165, 1.54) is 34.9 Å². The minimum atomic E-state index is 0.287. The van der Waals surface area contributed by atoms with E-state index in [9.17, 15) is 0 Å². The Balaban J connectivity index is 1.51. The lowest BCUT2D eigenvalue weighted by atomic mass is 9.93. The fraction of sp³-hybridized carbons (Fsp3) is 0.529. The summed E-state index contributed by atoms with van der Waals surface area (Å²) in [4.78, 5) is 0. The third kappa shape index (κ3) is 1.34. The van der Waals surface area contributed by atoms with Crippen molar-refractivity contribution in [2.24, 2.45) is 35.3 Å². The Morgan fingerprint density at radius 1 is 1.11 bits per heavy atom. The maximum Gasteiger partial charge on any atom is 0.0346 e. The minimum absolute atomic E-state index is 0.287. The molecule has 0 radical (unpaired) electrons. The van der Waals surface area contributed by atoms with E-state index in [0.717, 1.165) is 29.6 Å². The van der Waals surface area contributed by atoms with Gasteiger partial charge in [-0.05, 0) is 71.2 Å². The van der Waals surface area contributed by atoms with Crippen LogP contribution in [0.1, 0.15) is 30.9 Å². The van der Waals surface area contributed by atoms with E-state index in [4.69, 9.17) is 5.73 Å². The van der Waals surface area contributed by atoms with Crippen molar-refractivity contribution in [2.75, 3.05) is 0 Å². The molecule has 3 fully saturated rings. The average molecular weight is 269 g/mol. The van der Waals surface area contributed by atoms with Crippen LogP contribution in [0.25, 0.3) is 10.1 Å². The van der Waals surface area contributed by atoms with Gasteiger partial charge in [0.15, 0.2) is 0 Å². The molecule has 1 nitrogen and oxygen atoms in total. The highest BCUT2D eigenvalue weighted by atomic mass is 32.1. The zero-order chi connectivity index (χ0) is 12.6. The first-order valence-corrected chi connectivity index (χ1v) is 8.44. The Labute approximate surface area is 117 Å². The highest BCUT2D eigenvalue weighted by molar-refractivity contribution is 7.17. The molecule has 98 valence electrons. The molecule has 0 spiro atoms. The van der Waals surface area contributed by atoms with Gasteiger partial charge in [0, 0.05) is 10.7 Å². The number of hydrogen-bond acceptors (Lipinski definition) is 2. The third-order valence-electron chi connectivity index (χ3n) is 6.08. The Bertz CT molecular complexity index is 630. The van der Waals surface area contributed by atoms with Crippen molar-refractivity contribution in [3.8, 4) is 0 Å². The maximum absolute atomic E-state index is 6.66. The van der Waals surface area contributed by atoms with Gasteiger partial charge in [0.1, 0.15) is 0 Å². The molecule has 1 heterocycles. The highest BCUT2D eigenvalue weighted by Gasteiger charge is 2.66. The molecule has 3 aliphatic carbocycles. The number of rotatable bonds is 2. The number of benzene rings is 1. The van der Waals surface area contributed by atoms with Crippen LogP contribution in [-0.2, 0) is 0 Å². The smallest absolute Gasteiger partial charge is 0.0346 e. The van der Waals surface area contributed by atoms with E-state index < -0.39 is 0 Å². The van der Waals surface area contributed by atoms with Crippen molar-refractivity contribution in [1.82, 2.24) is 0 Å². The second kappa shape index (κ2) is 3.62. The predicted octanol–water partition coefficient (Wildman–Crippen LogP) is 4.19. The Morgan fingerprint density at radius 2 is 1.84 bits per heavy atom. The lowest BCUT2D eigenvalue weighted by Crippen LogP contribution is -2.17. The van der Waals surface area contributed by atoms with Crippen LogP contribution in [0.2, 0.25) is 0 Å². The quantitative estimate of drug-likeness (QED) is 0.869. The Hall–Kier alpha value is -0.860. The summed E-state index contributed by atoms with van der Waals surface area (Å²) in [7, 11) is 0. The van der Waals surface area contributed by atoms with Crippen LogP contribution in [0.4, 0.5) is 0 Å². The van der Waals surface area contributed by atoms with Crippen LogP contribution in [0.3, 0.4) is 0 Å². The van der Waals surface area contributed by atoms with Crippen molar-refractivity contribution in [2.45, 2.75) is 25.3 Å². The second-order valence-corrected chi connectivity index (χ2v) is 7.69. The van der Waals surface area contributed by atoms with Gasteiger partial charge >= 0.3 is 0 Å². The first-order valence-electron chi connectivity index (χ1n) is 7.56. The second-order valence-electron chi connectivity index (χ2n) is 6.78. The number of hydrogen-bond donors (Lipinski definition) is 1. The van der Waals surface area contributed by atoms with E-state index in [0.29, 0.717) is 0 Å². The molecule has 3 aliphatic rings. The SMILES string of the molecule is NC(c1csc2ccccc12)C1C2C3CCC(C3)C21. The fourth-order valence-corrected chi connectivity index (χ4v) is 6.34. The monoisotopic (exact) mass is 269 g/mol. The van der Waals surface area contributed by atoms with E-state index >= 15 is 0 Å². The van der Waals surface area contributed by atoms with Crippen LogP contribution in [0.15, 0.2) is 29.6 Å². The summed E-state index contributed by atoms with van der Waals surface area (Å²) in [6.07, 6.45) is 4.49. The van der Waals surface area contributed by atoms with Crippen molar-refractivity contribution < 1.29 is 0 Å². The molecule has 1 aromatic carbocycles. The lowest BCUT2D eigenvalue weighted by molar-refractivity contribution is 0.419. The predicted molar refractivity (Wildman–Crippen MR) is 80.1 cm³/mol. The molecular weight excluding hydrogens is 250 g/mol. The molecule has 0 aliphatic heterocycles. The summed E-state index contributed by atoms with van der Waals surface area (Å²) in [6, 6.07) is 9.01. The van der Waals surface area contributed by atoms with Crippen molar-refractivity contribution >= 4 is 21.4 Å². The molecule has 2 N–H and O–H groups in total. The van der Waals surface area contributed by atoms with Crippen LogP contribution in [0.5, 0.6) is 0 Å². The van der Waals surface area contributed by atoms with E-state index in [2.05, 4.69) is 29.6 Å². The zero-order valence-corrected chi connectivity index (χ0v) is 11.8. The molecule has 5 unspecified atom stereocenters. The van der Waals surface area contributed by atoms with Gasteiger partial charge in [-0.15, -0.1) is 11.3 Å². The normalized spacial score (nSPS) is 40.6. The molecule has 2 heteroatoms.